The van der Waals surface area contributed by atoms with E-state index in [1.165, 1.54) is 14.2 Å². The van der Waals surface area contributed by atoms with Gasteiger partial charge < -0.3 is 19.7 Å². The molecule has 7 nitrogen and oxygen atoms in total. The summed E-state index contributed by atoms with van der Waals surface area (Å²) in [7, 11) is 6.90. The first-order valence-corrected chi connectivity index (χ1v) is 5.80. The number of nitrogens with zero attached hydrogens (tertiary/aromatic N) is 4. The zero-order chi connectivity index (χ0) is 13.5. The molecule has 0 fully saturated rings. The quantitative estimate of drug-likeness (QED) is 0.745. The molecular formula is C11H21N5O2. The van der Waals surface area contributed by atoms with Crippen molar-refractivity contribution in [3.63, 3.8) is 0 Å². The van der Waals surface area contributed by atoms with Crippen LogP contribution >= 0.6 is 0 Å². The molecule has 0 spiro atoms. The van der Waals surface area contributed by atoms with Gasteiger partial charge in [0.25, 0.3) is 0 Å². The Morgan fingerprint density at radius 2 is 1.72 bits per heavy atom. The van der Waals surface area contributed by atoms with Crippen molar-refractivity contribution in [2.24, 2.45) is 5.92 Å². The van der Waals surface area contributed by atoms with Crippen LogP contribution < -0.4 is 19.7 Å². The second-order valence-corrected chi connectivity index (χ2v) is 4.15. The predicted octanol–water partition coefficient (Wildman–Crippen LogP) is 0.181. The predicted molar refractivity (Wildman–Crippen MR) is 69.3 cm³/mol. The van der Waals surface area contributed by atoms with Crippen molar-refractivity contribution >= 4 is 5.95 Å². The van der Waals surface area contributed by atoms with Gasteiger partial charge in [0, 0.05) is 13.6 Å². The van der Waals surface area contributed by atoms with Crippen LogP contribution in [0.25, 0.3) is 0 Å². The number of hydrogen-bond donors (Lipinski definition) is 1. The van der Waals surface area contributed by atoms with E-state index in [1.54, 1.807) is 0 Å². The molecule has 1 aromatic rings. The van der Waals surface area contributed by atoms with Crippen LogP contribution in [0.4, 0.5) is 5.95 Å². The van der Waals surface area contributed by atoms with E-state index in [9.17, 15) is 0 Å². The number of anilines is 1. The third-order valence-electron chi connectivity index (χ3n) is 2.43. The molecule has 0 saturated carbocycles. The Balaban J connectivity index is 2.80. The SMILES string of the molecule is CNCC(C)CN(C)c1nc(OC)nc(OC)n1. The number of aromatic nitrogens is 3. The lowest BCUT2D eigenvalue weighted by molar-refractivity contribution is 0.339. The Morgan fingerprint density at radius 3 is 2.17 bits per heavy atom. The number of rotatable bonds is 7. The molecule has 18 heavy (non-hydrogen) atoms. The van der Waals surface area contributed by atoms with E-state index in [-0.39, 0.29) is 12.0 Å². The van der Waals surface area contributed by atoms with Crippen LogP contribution in [-0.4, -0.2) is 56.4 Å². The van der Waals surface area contributed by atoms with Crippen LogP contribution in [0.15, 0.2) is 0 Å². The summed E-state index contributed by atoms with van der Waals surface area (Å²) in [4.78, 5) is 14.3. The maximum absolute atomic E-state index is 5.02. The van der Waals surface area contributed by atoms with Gasteiger partial charge in [-0.2, -0.15) is 9.97 Å². The number of methoxy groups -OCH3 is 2. The van der Waals surface area contributed by atoms with Crippen molar-refractivity contribution in [3.8, 4) is 12.0 Å². The van der Waals surface area contributed by atoms with Gasteiger partial charge in [-0.05, 0) is 19.5 Å². The first-order chi connectivity index (χ1) is 8.60. The van der Waals surface area contributed by atoms with Gasteiger partial charge in [-0.15, -0.1) is 4.98 Å². The van der Waals surface area contributed by atoms with Gasteiger partial charge in [0.05, 0.1) is 14.2 Å². The summed E-state index contributed by atoms with van der Waals surface area (Å²) in [5.74, 6) is 1.02. The lowest BCUT2D eigenvalue weighted by atomic mass is 10.2. The van der Waals surface area contributed by atoms with Gasteiger partial charge in [-0.1, -0.05) is 6.92 Å². The topological polar surface area (TPSA) is 72.4 Å². The fourth-order valence-corrected chi connectivity index (χ4v) is 1.64. The number of nitrogens with one attached hydrogen (secondary N) is 1. The van der Waals surface area contributed by atoms with Crippen molar-refractivity contribution < 1.29 is 9.47 Å². The summed E-state index contributed by atoms with van der Waals surface area (Å²) >= 11 is 0. The molecule has 1 rings (SSSR count). The molecule has 0 aliphatic carbocycles. The van der Waals surface area contributed by atoms with Crippen molar-refractivity contribution in [1.82, 2.24) is 20.3 Å². The van der Waals surface area contributed by atoms with Gasteiger partial charge in [0.2, 0.25) is 5.95 Å². The molecule has 1 aromatic heterocycles. The minimum atomic E-state index is 0.255. The van der Waals surface area contributed by atoms with Gasteiger partial charge in [0.15, 0.2) is 0 Å². The second-order valence-electron chi connectivity index (χ2n) is 4.15. The molecule has 0 amide bonds. The van der Waals surface area contributed by atoms with E-state index in [2.05, 4.69) is 27.2 Å². The molecule has 0 saturated heterocycles. The van der Waals surface area contributed by atoms with Gasteiger partial charge >= 0.3 is 12.0 Å². The molecule has 1 heterocycles. The fourth-order valence-electron chi connectivity index (χ4n) is 1.64. The first kappa shape index (κ1) is 14.4. The smallest absolute Gasteiger partial charge is 0.324 e. The van der Waals surface area contributed by atoms with Crippen LogP contribution in [0, 0.1) is 5.92 Å². The highest BCUT2D eigenvalue weighted by Gasteiger charge is 2.13. The molecule has 1 atom stereocenters. The van der Waals surface area contributed by atoms with E-state index in [4.69, 9.17) is 9.47 Å². The molecule has 0 aliphatic rings. The van der Waals surface area contributed by atoms with E-state index in [1.807, 2.05) is 19.0 Å². The minimum absolute atomic E-state index is 0.255. The highest BCUT2D eigenvalue weighted by molar-refractivity contribution is 5.30. The molecule has 0 aliphatic heterocycles. The normalized spacial score (nSPS) is 12.1. The standard InChI is InChI=1S/C11H21N5O2/c1-8(6-12-2)7-16(3)9-13-10(17-4)15-11(14-9)18-5/h8,12H,6-7H2,1-5H3. The highest BCUT2D eigenvalue weighted by atomic mass is 16.5. The van der Waals surface area contributed by atoms with Crippen LogP contribution in [0.5, 0.6) is 12.0 Å². The minimum Gasteiger partial charge on any atom is -0.467 e. The zero-order valence-electron chi connectivity index (χ0n) is 11.6. The van der Waals surface area contributed by atoms with Gasteiger partial charge in [-0.3, -0.25) is 0 Å². The lowest BCUT2D eigenvalue weighted by Gasteiger charge is -2.21. The molecule has 1 N–H and O–H groups in total. The van der Waals surface area contributed by atoms with Crippen LogP contribution in [0.3, 0.4) is 0 Å². The first-order valence-electron chi connectivity index (χ1n) is 5.80. The monoisotopic (exact) mass is 255 g/mol. The largest absolute Gasteiger partial charge is 0.467 e. The van der Waals surface area contributed by atoms with E-state index in [0.29, 0.717) is 11.9 Å². The molecule has 0 aromatic carbocycles. The van der Waals surface area contributed by atoms with Crippen molar-refractivity contribution in [2.75, 3.05) is 46.3 Å². The maximum Gasteiger partial charge on any atom is 0.324 e. The summed E-state index contributed by atoms with van der Waals surface area (Å²) in [6.45, 7) is 3.92. The van der Waals surface area contributed by atoms with Crippen LogP contribution in [-0.2, 0) is 0 Å². The average Bonchev–Trinajstić information content (AvgIpc) is 2.38. The zero-order valence-corrected chi connectivity index (χ0v) is 11.6. The van der Waals surface area contributed by atoms with E-state index < -0.39 is 0 Å². The third-order valence-corrected chi connectivity index (χ3v) is 2.43. The Hall–Kier alpha value is -1.63. The fraction of sp³-hybridized carbons (Fsp3) is 0.727. The molecule has 7 heteroatoms. The Labute approximate surface area is 108 Å². The number of hydrogen-bond acceptors (Lipinski definition) is 7. The second kappa shape index (κ2) is 6.95. The van der Waals surface area contributed by atoms with Crippen molar-refractivity contribution in [3.05, 3.63) is 0 Å². The molecule has 0 radical (unpaired) electrons. The van der Waals surface area contributed by atoms with Crippen molar-refractivity contribution in [1.29, 1.82) is 0 Å². The Morgan fingerprint density at radius 1 is 1.17 bits per heavy atom. The average molecular weight is 255 g/mol. The van der Waals surface area contributed by atoms with E-state index >= 15 is 0 Å². The summed E-state index contributed by atoms with van der Waals surface area (Å²) in [6.07, 6.45) is 0. The molecular weight excluding hydrogens is 234 g/mol. The summed E-state index contributed by atoms with van der Waals surface area (Å²) in [5.41, 5.74) is 0. The summed E-state index contributed by atoms with van der Waals surface area (Å²) in [5, 5.41) is 3.14. The Bertz CT molecular complexity index is 352. The van der Waals surface area contributed by atoms with Crippen LogP contribution in [0.2, 0.25) is 0 Å². The Kier molecular flexibility index (Phi) is 5.57. The van der Waals surface area contributed by atoms with Gasteiger partial charge in [0.1, 0.15) is 0 Å². The molecule has 0 bridgehead atoms. The maximum atomic E-state index is 5.02. The van der Waals surface area contributed by atoms with Crippen molar-refractivity contribution in [2.45, 2.75) is 6.92 Å². The van der Waals surface area contributed by atoms with E-state index in [0.717, 1.165) is 13.1 Å². The number of ether oxygens (including phenoxy) is 2. The van der Waals surface area contributed by atoms with Gasteiger partial charge in [-0.25, -0.2) is 0 Å². The lowest BCUT2D eigenvalue weighted by Crippen LogP contribution is -2.30. The summed E-state index contributed by atoms with van der Waals surface area (Å²) < 4.78 is 10.0. The summed E-state index contributed by atoms with van der Waals surface area (Å²) in [6, 6.07) is 0.509. The third kappa shape index (κ3) is 3.99. The molecule has 1 unspecified atom stereocenters. The molecule has 102 valence electrons. The van der Waals surface area contributed by atoms with Crippen LogP contribution in [0.1, 0.15) is 6.92 Å². The highest BCUT2D eigenvalue weighted by Crippen LogP contribution is 2.15.